The maximum atomic E-state index is 10.9. The monoisotopic (exact) mass is 239 g/mol. The van der Waals surface area contributed by atoms with Gasteiger partial charge in [-0.25, -0.2) is 0 Å². The van der Waals surface area contributed by atoms with Gasteiger partial charge >= 0.3 is 0 Å². The second-order valence-corrected chi connectivity index (χ2v) is 6.50. The molecular formula is C15H29NO. The smallest absolute Gasteiger partial charge is 0.0700 e. The Morgan fingerprint density at radius 1 is 1.12 bits per heavy atom. The lowest BCUT2D eigenvalue weighted by molar-refractivity contribution is -0.0862. The van der Waals surface area contributed by atoms with Crippen molar-refractivity contribution in [2.24, 2.45) is 17.8 Å². The van der Waals surface area contributed by atoms with Gasteiger partial charge in [-0.05, 0) is 50.0 Å². The quantitative estimate of drug-likeness (QED) is 0.801. The molecular weight excluding hydrogens is 210 g/mol. The molecule has 2 nitrogen and oxygen atoms in total. The average Bonchev–Trinajstić information content (AvgIpc) is 2.33. The van der Waals surface area contributed by atoms with E-state index in [9.17, 15) is 5.11 Å². The van der Waals surface area contributed by atoms with Crippen molar-refractivity contribution in [3.05, 3.63) is 0 Å². The van der Waals surface area contributed by atoms with E-state index in [1.54, 1.807) is 0 Å². The molecule has 0 spiro atoms. The van der Waals surface area contributed by atoms with Gasteiger partial charge in [0.05, 0.1) is 5.60 Å². The van der Waals surface area contributed by atoms with Crippen LogP contribution in [0.25, 0.3) is 0 Å². The van der Waals surface area contributed by atoms with E-state index in [-0.39, 0.29) is 5.60 Å². The molecule has 3 atom stereocenters. The topological polar surface area (TPSA) is 23.5 Å². The molecule has 0 radical (unpaired) electrons. The third-order valence-corrected chi connectivity index (χ3v) is 5.53. The fourth-order valence-electron chi connectivity index (χ4n) is 3.70. The van der Waals surface area contributed by atoms with Crippen LogP contribution in [-0.2, 0) is 0 Å². The van der Waals surface area contributed by atoms with Crippen molar-refractivity contribution in [2.45, 2.75) is 58.5 Å². The van der Waals surface area contributed by atoms with E-state index in [4.69, 9.17) is 0 Å². The van der Waals surface area contributed by atoms with Crippen molar-refractivity contribution in [3.8, 4) is 0 Å². The third kappa shape index (κ3) is 2.85. The summed E-state index contributed by atoms with van der Waals surface area (Å²) in [5, 5.41) is 10.9. The van der Waals surface area contributed by atoms with Gasteiger partial charge < -0.3 is 10.0 Å². The zero-order valence-electron chi connectivity index (χ0n) is 11.8. The molecule has 1 aliphatic carbocycles. The van der Waals surface area contributed by atoms with Crippen LogP contribution in [0.15, 0.2) is 0 Å². The molecule has 2 aliphatic rings. The highest BCUT2D eigenvalue weighted by Gasteiger charge is 2.41. The molecule has 1 N–H and O–H groups in total. The number of hydrogen-bond donors (Lipinski definition) is 1. The summed E-state index contributed by atoms with van der Waals surface area (Å²) in [4.78, 5) is 2.46. The second-order valence-electron chi connectivity index (χ2n) is 6.50. The summed E-state index contributed by atoms with van der Waals surface area (Å²) in [6.07, 6.45) is 5.78. The first-order valence-electron chi connectivity index (χ1n) is 7.50. The molecule has 0 aromatic heterocycles. The fraction of sp³-hybridized carbons (Fsp3) is 1.00. The summed E-state index contributed by atoms with van der Waals surface area (Å²) in [5.74, 6) is 2.21. The van der Waals surface area contributed by atoms with Gasteiger partial charge in [0.2, 0.25) is 0 Å². The van der Waals surface area contributed by atoms with E-state index < -0.39 is 0 Å². The second kappa shape index (κ2) is 5.27. The van der Waals surface area contributed by atoms with E-state index in [0.717, 1.165) is 44.3 Å². The lowest BCUT2D eigenvalue weighted by atomic mass is 9.67. The highest BCUT2D eigenvalue weighted by Crippen LogP contribution is 2.42. The molecule has 1 heterocycles. The van der Waals surface area contributed by atoms with Crippen LogP contribution < -0.4 is 0 Å². The summed E-state index contributed by atoms with van der Waals surface area (Å²) in [6.45, 7) is 10.3. The Bertz CT molecular complexity index is 245. The SMILES string of the molecule is CCN1CCC(O)(C2CCC(C)C(C)C2)CC1. The van der Waals surface area contributed by atoms with Crippen LogP contribution in [0.1, 0.15) is 52.9 Å². The minimum atomic E-state index is -0.347. The zero-order valence-corrected chi connectivity index (χ0v) is 11.8. The molecule has 0 aromatic rings. The van der Waals surface area contributed by atoms with Crippen LogP contribution in [0.4, 0.5) is 0 Å². The van der Waals surface area contributed by atoms with Crippen LogP contribution in [0.3, 0.4) is 0 Å². The van der Waals surface area contributed by atoms with Crippen molar-refractivity contribution < 1.29 is 5.11 Å². The maximum absolute atomic E-state index is 10.9. The predicted octanol–water partition coefficient (Wildman–Crippen LogP) is 2.91. The average molecular weight is 239 g/mol. The van der Waals surface area contributed by atoms with Crippen LogP contribution in [0.5, 0.6) is 0 Å². The van der Waals surface area contributed by atoms with Gasteiger partial charge in [0.25, 0.3) is 0 Å². The normalized spacial score (nSPS) is 39.2. The molecule has 1 aliphatic heterocycles. The number of rotatable bonds is 2. The Hall–Kier alpha value is -0.0800. The van der Waals surface area contributed by atoms with E-state index in [0.29, 0.717) is 5.92 Å². The van der Waals surface area contributed by atoms with Gasteiger partial charge in [-0.15, -0.1) is 0 Å². The van der Waals surface area contributed by atoms with Crippen LogP contribution in [0.2, 0.25) is 0 Å². The van der Waals surface area contributed by atoms with Crippen molar-refractivity contribution in [1.29, 1.82) is 0 Å². The third-order valence-electron chi connectivity index (χ3n) is 5.53. The Labute approximate surface area is 106 Å². The Morgan fingerprint density at radius 2 is 1.76 bits per heavy atom. The van der Waals surface area contributed by atoms with Crippen molar-refractivity contribution in [3.63, 3.8) is 0 Å². The number of hydrogen-bond acceptors (Lipinski definition) is 2. The minimum Gasteiger partial charge on any atom is -0.390 e. The van der Waals surface area contributed by atoms with Gasteiger partial charge in [-0.1, -0.05) is 27.2 Å². The van der Waals surface area contributed by atoms with E-state index in [2.05, 4.69) is 25.7 Å². The summed E-state index contributed by atoms with van der Waals surface area (Å²) >= 11 is 0. The molecule has 100 valence electrons. The predicted molar refractivity (Wildman–Crippen MR) is 72.0 cm³/mol. The van der Waals surface area contributed by atoms with Crippen molar-refractivity contribution in [1.82, 2.24) is 4.90 Å². The Kier molecular flexibility index (Phi) is 4.14. The molecule has 3 unspecified atom stereocenters. The van der Waals surface area contributed by atoms with E-state index in [1.807, 2.05) is 0 Å². The first kappa shape index (κ1) is 13.4. The standard InChI is InChI=1S/C15H29NO/c1-4-16-9-7-15(17,8-10-16)14-6-5-12(2)13(3)11-14/h12-14,17H,4-11H2,1-3H3. The van der Waals surface area contributed by atoms with Gasteiger partial charge in [-0.3, -0.25) is 0 Å². The van der Waals surface area contributed by atoms with Gasteiger partial charge in [0.15, 0.2) is 0 Å². The summed E-state index contributed by atoms with van der Waals surface area (Å²) < 4.78 is 0. The maximum Gasteiger partial charge on any atom is 0.0700 e. The molecule has 17 heavy (non-hydrogen) atoms. The van der Waals surface area contributed by atoms with Crippen LogP contribution in [-0.4, -0.2) is 35.2 Å². The first-order valence-corrected chi connectivity index (χ1v) is 7.50. The lowest BCUT2D eigenvalue weighted by Crippen LogP contribution is -2.50. The largest absolute Gasteiger partial charge is 0.390 e. The van der Waals surface area contributed by atoms with E-state index in [1.165, 1.54) is 19.3 Å². The van der Waals surface area contributed by atoms with Crippen LogP contribution >= 0.6 is 0 Å². The Morgan fingerprint density at radius 3 is 2.29 bits per heavy atom. The highest BCUT2D eigenvalue weighted by atomic mass is 16.3. The van der Waals surface area contributed by atoms with Crippen LogP contribution in [0, 0.1) is 17.8 Å². The molecule has 1 saturated heterocycles. The number of piperidine rings is 1. The molecule has 0 aromatic carbocycles. The minimum absolute atomic E-state index is 0.347. The molecule has 0 bridgehead atoms. The summed E-state index contributed by atoms with van der Waals surface area (Å²) in [7, 11) is 0. The summed E-state index contributed by atoms with van der Waals surface area (Å²) in [6, 6.07) is 0. The molecule has 2 rings (SSSR count). The van der Waals surface area contributed by atoms with Gasteiger partial charge in [-0.2, -0.15) is 0 Å². The van der Waals surface area contributed by atoms with Gasteiger partial charge in [0, 0.05) is 13.1 Å². The molecule has 0 amide bonds. The lowest BCUT2D eigenvalue weighted by Gasteiger charge is -2.46. The molecule has 2 heteroatoms. The highest BCUT2D eigenvalue weighted by molar-refractivity contribution is 4.94. The van der Waals surface area contributed by atoms with Gasteiger partial charge in [0.1, 0.15) is 0 Å². The Balaban J connectivity index is 1.93. The fourth-order valence-corrected chi connectivity index (χ4v) is 3.70. The van der Waals surface area contributed by atoms with Crippen molar-refractivity contribution in [2.75, 3.05) is 19.6 Å². The molecule has 2 fully saturated rings. The molecule has 1 saturated carbocycles. The van der Waals surface area contributed by atoms with E-state index >= 15 is 0 Å². The summed E-state index contributed by atoms with van der Waals surface area (Å²) in [5.41, 5.74) is -0.347. The number of aliphatic hydroxyl groups is 1. The first-order chi connectivity index (χ1) is 8.05. The zero-order chi connectivity index (χ0) is 12.5. The number of likely N-dealkylation sites (tertiary alicyclic amines) is 1. The number of nitrogens with zero attached hydrogens (tertiary/aromatic N) is 1. The van der Waals surface area contributed by atoms with Crippen molar-refractivity contribution >= 4 is 0 Å².